The van der Waals surface area contributed by atoms with Crippen LogP contribution in [0.1, 0.15) is 44.9 Å². The van der Waals surface area contributed by atoms with Gasteiger partial charge in [-0.2, -0.15) is 5.10 Å². The van der Waals surface area contributed by atoms with Gasteiger partial charge >= 0.3 is 0 Å². The van der Waals surface area contributed by atoms with Gasteiger partial charge < -0.3 is 11.1 Å². The van der Waals surface area contributed by atoms with Crippen molar-refractivity contribution in [3.05, 3.63) is 12.2 Å². The van der Waals surface area contributed by atoms with Gasteiger partial charge in [0.1, 0.15) is 18.7 Å². The highest BCUT2D eigenvalue weighted by Crippen LogP contribution is 2.16. The molecule has 0 unspecified atom stereocenters. The van der Waals surface area contributed by atoms with E-state index < -0.39 is 0 Å². The first-order valence-electron chi connectivity index (χ1n) is 6.72. The summed E-state index contributed by atoms with van der Waals surface area (Å²) in [4.78, 5) is 8.50. The largest absolute Gasteiger partial charge is 0.370 e. The van der Waals surface area contributed by atoms with Gasteiger partial charge in [-0.25, -0.2) is 14.7 Å². The van der Waals surface area contributed by atoms with Crippen molar-refractivity contribution in [1.29, 1.82) is 0 Å². The van der Waals surface area contributed by atoms with E-state index in [4.69, 9.17) is 5.73 Å². The third-order valence-electron chi connectivity index (χ3n) is 3.34. The second-order valence-electron chi connectivity index (χ2n) is 4.67. The van der Waals surface area contributed by atoms with Gasteiger partial charge in [0, 0.05) is 12.6 Å². The zero-order chi connectivity index (χ0) is 12.8. The lowest BCUT2D eigenvalue weighted by Crippen LogP contribution is -2.41. The third kappa shape index (κ3) is 3.45. The van der Waals surface area contributed by atoms with Crippen molar-refractivity contribution < 1.29 is 0 Å². The van der Waals surface area contributed by atoms with E-state index in [1.54, 1.807) is 6.33 Å². The molecule has 1 aliphatic rings. The normalized spacial score (nSPS) is 17.9. The van der Waals surface area contributed by atoms with E-state index in [1.807, 2.05) is 11.6 Å². The number of aryl methyl sites for hydroxylation is 1. The summed E-state index contributed by atoms with van der Waals surface area (Å²) in [5, 5.41) is 7.39. The van der Waals surface area contributed by atoms with Gasteiger partial charge in [0.25, 0.3) is 0 Å². The summed E-state index contributed by atoms with van der Waals surface area (Å²) in [6, 6.07) is 0.492. The van der Waals surface area contributed by atoms with Crippen molar-refractivity contribution in [1.82, 2.24) is 20.1 Å². The Balaban J connectivity index is 1.84. The fourth-order valence-electron chi connectivity index (χ4n) is 2.33. The smallest absolute Gasteiger partial charge is 0.189 e. The second-order valence-corrected chi connectivity index (χ2v) is 4.67. The molecule has 1 fully saturated rings. The minimum Gasteiger partial charge on any atom is -0.370 e. The molecule has 0 aliphatic heterocycles. The fourth-order valence-corrected chi connectivity index (χ4v) is 2.33. The van der Waals surface area contributed by atoms with Gasteiger partial charge in [-0.1, -0.05) is 19.3 Å². The van der Waals surface area contributed by atoms with Crippen LogP contribution in [0.15, 0.2) is 11.3 Å². The lowest BCUT2D eigenvalue weighted by molar-refractivity contribution is 0.412. The van der Waals surface area contributed by atoms with Crippen LogP contribution in [-0.2, 0) is 13.1 Å². The van der Waals surface area contributed by atoms with Crippen LogP contribution in [0.3, 0.4) is 0 Å². The standard InChI is InChI=1S/C12H22N6/c1-2-18-11(15-9-16-18)8-14-12(13)17-10-6-4-3-5-7-10/h9-10H,2-8H2,1H3,(H3,13,14,17). The molecule has 0 aromatic carbocycles. The van der Waals surface area contributed by atoms with Gasteiger partial charge in [-0.05, 0) is 19.8 Å². The van der Waals surface area contributed by atoms with Crippen molar-refractivity contribution in [2.45, 2.75) is 58.2 Å². The van der Waals surface area contributed by atoms with E-state index in [1.165, 1.54) is 32.1 Å². The van der Waals surface area contributed by atoms with Crippen molar-refractivity contribution in [2.75, 3.05) is 0 Å². The minimum absolute atomic E-state index is 0.486. The van der Waals surface area contributed by atoms with E-state index in [0.717, 1.165) is 12.4 Å². The van der Waals surface area contributed by atoms with E-state index >= 15 is 0 Å². The first-order valence-corrected chi connectivity index (χ1v) is 6.72. The molecule has 6 heteroatoms. The number of nitrogens with two attached hydrogens (primary N) is 1. The summed E-state index contributed by atoms with van der Waals surface area (Å²) >= 11 is 0. The third-order valence-corrected chi connectivity index (χ3v) is 3.34. The summed E-state index contributed by atoms with van der Waals surface area (Å²) < 4.78 is 1.83. The predicted molar refractivity (Wildman–Crippen MR) is 71.0 cm³/mol. The molecule has 1 heterocycles. The number of aromatic nitrogens is 3. The quantitative estimate of drug-likeness (QED) is 0.618. The molecule has 6 nitrogen and oxygen atoms in total. The topological polar surface area (TPSA) is 81.1 Å². The molecular formula is C12H22N6. The maximum atomic E-state index is 5.89. The SMILES string of the molecule is CCn1ncnc1CN=C(N)NC1CCCCC1. The summed E-state index contributed by atoms with van der Waals surface area (Å²) in [5.74, 6) is 1.37. The van der Waals surface area contributed by atoms with Gasteiger partial charge in [0.15, 0.2) is 5.96 Å². The van der Waals surface area contributed by atoms with Crippen LogP contribution in [-0.4, -0.2) is 26.8 Å². The minimum atomic E-state index is 0.486. The van der Waals surface area contributed by atoms with Gasteiger partial charge in [0.05, 0.1) is 0 Å². The lowest BCUT2D eigenvalue weighted by Gasteiger charge is -2.23. The number of guanidine groups is 1. The molecule has 1 aliphatic carbocycles. The summed E-state index contributed by atoms with van der Waals surface area (Å²) in [6.07, 6.45) is 7.86. The highest BCUT2D eigenvalue weighted by atomic mass is 15.3. The highest BCUT2D eigenvalue weighted by molar-refractivity contribution is 5.78. The number of nitrogens with zero attached hydrogens (tertiary/aromatic N) is 4. The first kappa shape index (κ1) is 12.9. The molecule has 1 saturated carbocycles. The molecule has 0 radical (unpaired) electrons. The molecule has 2 rings (SSSR count). The molecule has 1 aromatic heterocycles. The van der Waals surface area contributed by atoms with Crippen LogP contribution in [0.4, 0.5) is 0 Å². The summed E-state index contributed by atoms with van der Waals surface area (Å²) in [7, 11) is 0. The average molecular weight is 250 g/mol. The summed E-state index contributed by atoms with van der Waals surface area (Å²) in [5.41, 5.74) is 5.89. The molecular weight excluding hydrogens is 228 g/mol. The Bertz CT molecular complexity index is 391. The molecule has 100 valence electrons. The van der Waals surface area contributed by atoms with Crippen LogP contribution >= 0.6 is 0 Å². The van der Waals surface area contributed by atoms with Crippen molar-refractivity contribution in [3.8, 4) is 0 Å². The number of rotatable bonds is 4. The Hall–Kier alpha value is -1.59. The van der Waals surface area contributed by atoms with Gasteiger partial charge in [-0.15, -0.1) is 0 Å². The number of hydrogen-bond acceptors (Lipinski definition) is 3. The molecule has 3 N–H and O–H groups in total. The molecule has 18 heavy (non-hydrogen) atoms. The highest BCUT2D eigenvalue weighted by Gasteiger charge is 2.13. The van der Waals surface area contributed by atoms with E-state index in [-0.39, 0.29) is 0 Å². The lowest BCUT2D eigenvalue weighted by atomic mass is 9.96. The Kier molecular flexibility index (Phi) is 4.55. The van der Waals surface area contributed by atoms with E-state index in [9.17, 15) is 0 Å². The monoisotopic (exact) mass is 250 g/mol. The average Bonchev–Trinajstić information content (AvgIpc) is 2.85. The maximum absolute atomic E-state index is 5.89. The van der Waals surface area contributed by atoms with E-state index in [0.29, 0.717) is 18.5 Å². The molecule has 0 bridgehead atoms. The molecule has 0 amide bonds. The molecule has 0 saturated heterocycles. The summed E-state index contributed by atoms with van der Waals surface area (Å²) in [6.45, 7) is 3.33. The predicted octanol–water partition coefficient (Wildman–Crippen LogP) is 1.03. The first-order chi connectivity index (χ1) is 8.79. The van der Waals surface area contributed by atoms with Crippen molar-refractivity contribution in [3.63, 3.8) is 0 Å². The van der Waals surface area contributed by atoms with Crippen LogP contribution < -0.4 is 11.1 Å². The fraction of sp³-hybridized carbons (Fsp3) is 0.750. The van der Waals surface area contributed by atoms with Crippen LogP contribution in [0.2, 0.25) is 0 Å². The number of nitrogens with one attached hydrogen (secondary N) is 1. The molecule has 0 spiro atoms. The number of hydrogen-bond donors (Lipinski definition) is 2. The van der Waals surface area contributed by atoms with Crippen LogP contribution in [0.5, 0.6) is 0 Å². The van der Waals surface area contributed by atoms with Crippen LogP contribution in [0.25, 0.3) is 0 Å². The molecule has 1 aromatic rings. The van der Waals surface area contributed by atoms with Crippen molar-refractivity contribution in [2.24, 2.45) is 10.7 Å². The van der Waals surface area contributed by atoms with Crippen LogP contribution in [0, 0.1) is 0 Å². The zero-order valence-electron chi connectivity index (χ0n) is 11.0. The molecule has 0 atom stereocenters. The maximum Gasteiger partial charge on any atom is 0.189 e. The zero-order valence-corrected chi connectivity index (χ0v) is 11.0. The second kappa shape index (κ2) is 6.37. The van der Waals surface area contributed by atoms with E-state index in [2.05, 4.69) is 20.4 Å². The van der Waals surface area contributed by atoms with Gasteiger partial charge in [0.2, 0.25) is 0 Å². The van der Waals surface area contributed by atoms with Gasteiger partial charge in [-0.3, -0.25) is 0 Å². The Morgan fingerprint density at radius 2 is 2.28 bits per heavy atom. The Morgan fingerprint density at radius 1 is 1.50 bits per heavy atom. The van der Waals surface area contributed by atoms with Crippen molar-refractivity contribution >= 4 is 5.96 Å². The Labute approximate surface area is 108 Å². The Morgan fingerprint density at radius 3 is 3.00 bits per heavy atom. The number of aliphatic imine (C=N–C) groups is 1.